The molecule has 0 spiro atoms. The highest BCUT2D eigenvalue weighted by Crippen LogP contribution is 2.42. The van der Waals surface area contributed by atoms with Crippen LogP contribution in [0.25, 0.3) is 0 Å². The molecule has 136 valence electrons. The molecule has 1 saturated heterocycles. The monoisotopic (exact) mass is 368 g/mol. The lowest BCUT2D eigenvalue weighted by atomic mass is 10.1. The van der Waals surface area contributed by atoms with Crippen LogP contribution in [0.3, 0.4) is 0 Å². The van der Waals surface area contributed by atoms with Gasteiger partial charge in [0.25, 0.3) is 0 Å². The molecule has 0 aromatic heterocycles. The molecule has 5 heteroatoms. The van der Waals surface area contributed by atoms with Gasteiger partial charge in [0, 0.05) is 17.8 Å². The maximum atomic E-state index is 12.5. The number of hydrogen-bond donors (Lipinski definition) is 1. The molecule has 1 heterocycles. The van der Waals surface area contributed by atoms with Gasteiger partial charge in [-0.3, -0.25) is 14.5 Å². The average Bonchev–Trinajstić information content (AvgIpc) is 2.96. The van der Waals surface area contributed by atoms with E-state index in [-0.39, 0.29) is 17.2 Å². The first-order chi connectivity index (χ1) is 12.5. The molecule has 1 aliphatic rings. The van der Waals surface area contributed by atoms with Gasteiger partial charge in [0.2, 0.25) is 11.8 Å². The van der Waals surface area contributed by atoms with Crippen LogP contribution in [-0.2, 0) is 9.59 Å². The van der Waals surface area contributed by atoms with Crippen molar-refractivity contribution in [2.24, 2.45) is 0 Å². The van der Waals surface area contributed by atoms with Crippen LogP contribution in [0.5, 0.6) is 0 Å². The summed E-state index contributed by atoms with van der Waals surface area (Å²) in [7, 11) is 0. The minimum Gasteiger partial charge on any atom is -0.326 e. The quantitative estimate of drug-likeness (QED) is 0.823. The van der Waals surface area contributed by atoms with Crippen molar-refractivity contribution in [3.05, 3.63) is 59.2 Å². The molecule has 0 unspecified atom stereocenters. The number of carbonyl (C=O) groups excluding carboxylic acids is 2. The molecule has 2 aromatic carbocycles. The predicted molar refractivity (Wildman–Crippen MR) is 109 cm³/mol. The average molecular weight is 369 g/mol. The van der Waals surface area contributed by atoms with E-state index in [4.69, 9.17) is 0 Å². The second-order valence-electron chi connectivity index (χ2n) is 6.69. The number of nitrogens with zero attached hydrogens (tertiary/aromatic N) is 1. The summed E-state index contributed by atoms with van der Waals surface area (Å²) in [5, 5.41) is 2.86. The van der Waals surface area contributed by atoms with E-state index in [1.165, 1.54) is 0 Å². The first-order valence-electron chi connectivity index (χ1n) is 8.89. The number of amides is 2. The first-order valence-corrected chi connectivity index (χ1v) is 9.94. The summed E-state index contributed by atoms with van der Waals surface area (Å²) in [5.41, 5.74) is 5.10. The van der Waals surface area contributed by atoms with Gasteiger partial charge in [-0.1, -0.05) is 25.1 Å². The maximum absolute atomic E-state index is 12.5. The number of thioether (sulfide) groups is 1. The van der Waals surface area contributed by atoms with Gasteiger partial charge in [0.1, 0.15) is 5.37 Å². The van der Waals surface area contributed by atoms with E-state index in [0.29, 0.717) is 12.2 Å². The minimum absolute atomic E-state index is 0.0301. The molecular formula is C21H24N2O2S. The second kappa shape index (κ2) is 7.96. The Balaban J connectivity index is 1.83. The van der Waals surface area contributed by atoms with Crippen molar-refractivity contribution >= 4 is 35.0 Å². The summed E-state index contributed by atoms with van der Waals surface area (Å²) in [6, 6.07) is 14.0. The predicted octanol–water partition coefficient (Wildman–Crippen LogP) is 4.82. The van der Waals surface area contributed by atoms with E-state index in [0.717, 1.165) is 34.5 Å². The van der Waals surface area contributed by atoms with Gasteiger partial charge in [0.15, 0.2) is 0 Å². The molecule has 0 saturated carbocycles. The van der Waals surface area contributed by atoms with Crippen molar-refractivity contribution in [1.82, 2.24) is 0 Å². The normalized spacial score (nSPS) is 16.8. The van der Waals surface area contributed by atoms with E-state index in [9.17, 15) is 9.59 Å². The van der Waals surface area contributed by atoms with Gasteiger partial charge in [-0.2, -0.15) is 0 Å². The Morgan fingerprint density at radius 2 is 1.81 bits per heavy atom. The highest BCUT2D eigenvalue weighted by atomic mass is 32.2. The fourth-order valence-electron chi connectivity index (χ4n) is 3.22. The molecule has 0 aliphatic carbocycles. The third kappa shape index (κ3) is 4.10. The molecule has 4 nitrogen and oxygen atoms in total. The molecule has 1 fully saturated rings. The van der Waals surface area contributed by atoms with Gasteiger partial charge in [-0.25, -0.2) is 0 Å². The Morgan fingerprint density at radius 3 is 2.42 bits per heavy atom. The lowest BCUT2D eigenvalue weighted by molar-refractivity contribution is -0.116. The Kier molecular flexibility index (Phi) is 5.67. The van der Waals surface area contributed by atoms with E-state index >= 15 is 0 Å². The molecule has 1 N–H and O–H groups in total. The van der Waals surface area contributed by atoms with E-state index in [1.54, 1.807) is 11.8 Å². The number of benzene rings is 2. The van der Waals surface area contributed by atoms with Crippen LogP contribution in [0, 0.1) is 13.8 Å². The van der Waals surface area contributed by atoms with Crippen LogP contribution in [-0.4, -0.2) is 17.6 Å². The number of carbonyl (C=O) groups is 2. The van der Waals surface area contributed by atoms with Crippen molar-refractivity contribution in [1.29, 1.82) is 0 Å². The van der Waals surface area contributed by atoms with Crippen molar-refractivity contribution in [2.75, 3.05) is 16.0 Å². The van der Waals surface area contributed by atoms with Crippen LogP contribution in [0.15, 0.2) is 42.5 Å². The Morgan fingerprint density at radius 1 is 1.15 bits per heavy atom. The third-order valence-corrected chi connectivity index (χ3v) is 5.52. The van der Waals surface area contributed by atoms with Gasteiger partial charge in [-0.05, 0) is 61.2 Å². The smallest absolute Gasteiger partial charge is 0.238 e. The fraction of sp³-hybridized carbons (Fsp3) is 0.333. The number of anilines is 2. The number of rotatable bonds is 5. The van der Waals surface area contributed by atoms with Crippen molar-refractivity contribution in [2.45, 2.75) is 39.0 Å². The van der Waals surface area contributed by atoms with Crippen molar-refractivity contribution in [3.63, 3.8) is 0 Å². The lowest BCUT2D eigenvalue weighted by Gasteiger charge is -2.25. The largest absolute Gasteiger partial charge is 0.326 e. The Labute approximate surface area is 159 Å². The minimum atomic E-state index is -0.0379. The first kappa shape index (κ1) is 18.5. The topological polar surface area (TPSA) is 49.4 Å². The maximum Gasteiger partial charge on any atom is 0.238 e. The highest BCUT2D eigenvalue weighted by molar-refractivity contribution is 8.00. The molecule has 2 aromatic rings. The summed E-state index contributed by atoms with van der Waals surface area (Å²) in [6.07, 6.45) is 1.35. The Hall–Kier alpha value is -2.27. The van der Waals surface area contributed by atoms with Crippen molar-refractivity contribution in [3.8, 4) is 0 Å². The van der Waals surface area contributed by atoms with E-state index in [2.05, 4.69) is 23.5 Å². The highest BCUT2D eigenvalue weighted by Gasteiger charge is 2.34. The number of aryl methyl sites for hydroxylation is 2. The summed E-state index contributed by atoms with van der Waals surface area (Å²) in [4.78, 5) is 26.1. The number of hydrogen-bond acceptors (Lipinski definition) is 3. The summed E-state index contributed by atoms with van der Waals surface area (Å²) in [5.74, 6) is 0.639. The van der Waals surface area contributed by atoms with E-state index in [1.807, 2.05) is 49.9 Å². The van der Waals surface area contributed by atoms with E-state index < -0.39 is 0 Å². The molecule has 2 amide bonds. The van der Waals surface area contributed by atoms with Gasteiger partial charge >= 0.3 is 0 Å². The summed E-state index contributed by atoms with van der Waals surface area (Å²) in [6.45, 7) is 6.08. The zero-order valence-electron chi connectivity index (χ0n) is 15.4. The standard InChI is InChI=1S/C21H24N2O2S/c1-4-5-19(24)22-17-8-6-16(7-9-17)21-23(20(25)13-26-21)18-11-14(2)10-15(3)12-18/h6-12,21H,4-5,13H2,1-3H3,(H,22,24)/t21-/m0/s1. The van der Waals surface area contributed by atoms with Gasteiger partial charge < -0.3 is 5.32 Å². The SMILES string of the molecule is CCCC(=O)Nc1ccc([C@@H]2SCC(=O)N2c2cc(C)cc(C)c2)cc1. The van der Waals surface area contributed by atoms with Crippen molar-refractivity contribution < 1.29 is 9.59 Å². The van der Waals surface area contributed by atoms with Gasteiger partial charge in [-0.15, -0.1) is 11.8 Å². The molecule has 3 rings (SSSR count). The molecule has 1 aliphatic heterocycles. The number of nitrogens with one attached hydrogen (secondary N) is 1. The zero-order valence-corrected chi connectivity index (χ0v) is 16.2. The summed E-state index contributed by atoms with van der Waals surface area (Å²) < 4.78 is 0. The van der Waals surface area contributed by atoms with Crippen LogP contribution in [0.1, 0.15) is 41.8 Å². The van der Waals surface area contributed by atoms with Crippen LogP contribution in [0.4, 0.5) is 11.4 Å². The van der Waals surface area contributed by atoms with Crippen LogP contribution >= 0.6 is 11.8 Å². The lowest BCUT2D eigenvalue weighted by Crippen LogP contribution is -2.28. The molecular weight excluding hydrogens is 344 g/mol. The molecule has 0 bridgehead atoms. The zero-order chi connectivity index (χ0) is 18.7. The Bertz CT molecular complexity index is 797. The second-order valence-corrected chi connectivity index (χ2v) is 7.76. The molecule has 0 radical (unpaired) electrons. The van der Waals surface area contributed by atoms with Crippen LogP contribution in [0.2, 0.25) is 0 Å². The molecule has 26 heavy (non-hydrogen) atoms. The third-order valence-electron chi connectivity index (χ3n) is 4.31. The van der Waals surface area contributed by atoms with Gasteiger partial charge in [0.05, 0.1) is 5.75 Å². The fourth-order valence-corrected chi connectivity index (χ4v) is 4.40. The molecule has 1 atom stereocenters. The summed E-state index contributed by atoms with van der Waals surface area (Å²) >= 11 is 1.64. The van der Waals surface area contributed by atoms with Crippen LogP contribution < -0.4 is 10.2 Å².